The van der Waals surface area contributed by atoms with Gasteiger partial charge in [-0.25, -0.2) is 0 Å². The summed E-state index contributed by atoms with van der Waals surface area (Å²) in [6.07, 6.45) is 0. The first kappa shape index (κ1) is 24.8. The Morgan fingerprint density at radius 1 is 0.378 bits per heavy atom. The van der Waals surface area contributed by atoms with Crippen molar-refractivity contribution in [2.45, 2.75) is 0 Å². The predicted octanol–water partition coefficient (Wildman–Crippen LogP) is 11.9. The van der Waals surface area contributed by atoms with E-state index >= 15 is 0 Å². The minimum absolute atomic E-state index is 1.18. The summed E-state index contributed by atoms with van der Waals surface area (Å²) in [5.41, 5.74) is 9.78. The van der Waals surface area contributed by atoms with Crippen molar-refractivity contribution in [1.29, 1.82) is 0 Å². The van der Waals surface area contributed by atoms with Crippen LogP contribution in [0.25, 0.3) is 86.3 Å². The van der Waals surface area contributed by atoms with Crippen molar-refractivity contribution in [1.82, 2.24) is 9.13 Å². The van der Waals surface area contributed by atoms with Gasteiger partial charge in [-0.3, -0.25) is 0 Å². The molecule has 3 aromatic heterocycles. The molecule has 0 unspecified atom stereocenters. The van der Waals surface area contributed by atoms with Gasteiger partial charge in [0.1, 0.15) is 0 Å². The molecule has 10 aromatic rings. The highest BCUT2D eigenvalue weighted by Gasteiger charge is 2.22. The van der Waals surface area contributed by atoms with Gasteiger partial charge >= 0.3 is 0 Å². The number of hydrogen-bond acceptors (Lipinski definition) is 1. The molecule has 7 aromatic carbocycles. The third-order valence-electron chi connectivity index (χ3n) is 9.30. The Hall–Kier alpha value is -5.64. The third kappa shape index (κ3) is 3.50. The predicted molar refractivity (Wildman–Crippen MR) is 193 cm³/mol. The van der Waals surface area contributed by atoms with E-state index in [2.05, 4.69) is 167 Å². The first-order valence-corrected chi connectivity index (χ1v) is 16.2. The highest BCUT2D eigenvalue weighted by molar-refractivity contribution is 7.27. The van der Waals surface area contributed by atoms with Crippen LogP contribution in [0.2, 0.25) is 0 Å². The molecule has 10 rings (SSSR count). The summed E-state index contributed by atoms with van der Waals surface area (Å²) >= 11 is 1.91. The van der Waals surface area contributed by atoms with Crippen LogP contribution in [-0.2, 0) is 0 Å². The van der Waals surface area contributed by atoms with E-state index in [0.29, 0.717) is 0 Å². The first-order valence-electron chi connectivity index (χ1n) is 15.4. The van der Waals surface area contributed by atoms with Gasteiger partial charge in [-0.15, -0.1) is 11.3 Å². The van der Waals surface area contributed by atoms with Gasteiger partial charge in [-0.05, 0) is 71.8 Å². The van der Waals surface area contributed by atoms with E-state index in [4.69, 9.17) is 0 Å². The maximum atomic E-state index is 2.45. The van der Waals surface area contributed by atoms with Crippen molar-refractivity contribution < 1.29 is 0 Å². The zero-order valence-electron chi connectivity index (χ0n) is 24.3. The van der Waals surface area contributed by atoms with Crippen molar-refractivity contribution in [2.24, 2.45) is 0 Å². The number of hydrogen-bond donors (Lipinski definition) is 0. The minimum atomic E-state index is 1.18. The SMILES string of the molecule is c1ccc(-n2c3ccccc3c3cc(-c4cc5c(c6ccccc6n5-c5ccccc5)c5sc6ccccc6c45)ccc32)cc1. The molecule has 0 fully saturated rings. The second-order valence-electron chi connectivity index (χ2n) is 11.7. The lowest BCUT2D eigenvalue weighted by atomic mass is 9.96. The summed E-state index contributed by atoms with van der Waals surface area (Å²) in [7, 11) is 0. The van der Waals surface area contributed by atoms with Crippen LogP contribution in [0.15, 0.2) is 158 Å². The molecule has 0 aliphatic heterocycles. The van der Waals surface area contributed by atoms with Crippen LogP contribution >= 0.6 is 11.3 Å². The zero-order valence-corrected chi connectivity index (χ0v) is 25.1. The first-order chi connectivity index (χ1) is 22.3. The average molecular weight is 591 g/mol. The number of benzene rings is 7. The van der Waals surface area contributed by atoms with Crippen LogP contribution < -0.4 is 0 Å². The van der Waals surface area contributed by atoms with Crippen LogP contribution in [0.3, 0.4) is 0 Å². The number of para-hydroxylation sites is 4. The molecule has 210 valence electrons. The Labute approximate surface area is 263 Å². The van der Waals surface area contributed by atoms with E-state index < -0.39 is 0 Å². The van der Waals surface area contributed by atoms with Crippen LogP contribution in [-0.4, -0.2) is 9.13 Å². The molecule has 3 heterocycles. The summed E-state index contributed by atoms with van der Waals surface area (Å²) in [6.45, 7) is 0. The molecule has 0 atom stereocenters. The largest absolute Gasteiger partial charge is 0.309 e. The molecule has 0 N–H and O–H groups in total. The van der Waals surface area contributed by atoms with Gasteiger partial charge in [-0.2, -0.15) is 0 Å². The van der Waals surface area contributed by atoms with E-state index in [-0.39, 0.29) is 0 Å². The van der Waals surface area contributed by atoms with Crippen molar-refractivity contribution in [3.05, 3.63) is 158 Å². The summed E-state index contributed by atoms with van der Waals surface area (Å²) in [5, 5.41) is 7.81. The van der Waals surface area contributed by atoms with Gasteiger partial charge in [0.05, 0.1) is 22.1 Å². The van der Waals surface area contributed by atoms with Crippen molar-refractivity contribution in [3.63, 3.8) is 0 Å². The average Bonchev–Trinajstić information content (AvgIpc) is 3.76. The molecule has 3 heteroatoms. The smallest absolute Gasteiger partial charge is 0.0561 e. The lowest BCUT2D eigenvalue weighted by Gasteiger charge is -2.12. The molecule has 45 heavy (non-hydrogen) atoms. The monoisotopic (exact) mass is 590 g/mol. The molecule has 0 bridgehead atoms. The summed E-state index contributed by atoms with van der Waals surface area (Å²) in [5.74, 6) is 0. The van der Waals surface area contributed by atoms with Crippen molar-refractivity contribution >= 4 is 75.1 Å². The molecular weight excluding hydrogens is 565 g/mol. The molecule has 0 saturated carbocycles. The van der Waals surface area contributed by atoms with Gasteiger partial charge in [0.15, 0.2) is 0 Å². The molecule has 0 saturated heterocycles. The quantitative estimate of drug-likeness (QED) is 0.194. The fraction of sp³-hybridized carbons (Fsp3) is 0. The fourth-order valence-corrected chi connectivity index (χ4v) is 8.70. The molecule has 0 aliphatic rings. The molecule has 2 nitrogen and oxygen atoms in total. The van der Waals surface area contributed by atoms with Gasteiger partial charge in [0, 0.05) is 53.1 Å². The van der Waals surface area contributed by atoms with Crippen LogP contribution in [0.1, 0.15) is 0 Å². The number of thiophene rings is 1. The molecule has 0 radical (unpaired) electrons. The maximum absolute atomic E-state index is 2.45. The number of nitrogens with zero attached hydrogens (tertiary/aromatic N) is 2. The highest BCUT2D eigenvalue weighted by atomic mass is 32.1. The van der Waals surface area contributed by atoms with Gasteiger partial charge in [0.25, 0.3) is 0 Å². The van der Waals surface area contributed by atoms with Crippen LogP contribution in [0.5, 0.6) is 0 Å². The Morgan fingerprint density at radius 2 is 0.933 bits per heavy atom. The topological polar surface area (TPSA) is 9.86 Å². The minimum Gasteiger partial charge on any atom is -0.309 e. The molecule has 0 amide bonds. The Kier molecular flexibility index (Phi) is 5.19. The molecule has 0 spiro atoms. The highest BCUT2D eigenvalue weighted by Crippen LogP contribution is 2.48. The van der Waals surface area contributed by atoms with E-state index in [0.717, 1.165) is 0 Å². The normalized spacial score (nSPS) is 12.0. The number of rotatable bonds is 3. The third-order valence-corrected chi connectivity index (χ3v) is 10.5. The maximum Gasteiger partial charge on any atom is 0.0561 e. The Balaban J connectivity index is 1.36. The summed E-state index contributed by atoms with van der Waals surface area (Å²) < 4.78 is 7.50. The summed E-state index contributed by atoms with van der Waals surface area (Å²) in [6, 6.07) is 57.5. The second-order valence-corrected chi connectivity index (χ2v) is 12.8. The number of aromatic nitrogens is 2. The molecule has 0 aliphatic carbocycles. The lowest BCUT2D eigenvalue weighted by Crippen LogP contribution is -1.94. The van der Waals surface area contributed by atoms with Gasteiger partial charge in [0.2, 0.25) is 0 Å². The van der Waals surface area contributed by atoms with E-state index in [1.165, 1.54) is 86.3 Å². The van der Waals surface area contributed by atoms with E-state index in [9.17, 15) is 0 Å². The second kappa shape index (κ2) is 9.43. The Bertz CT molecular complexity index is 2740. The fourth-order valence-electron chi connectivity index (χ4n) is 7.41. The van der Waals surface area contributed by atoms with E-state index in [1.807, 2.05) is 11.3 Å². The van der Waals surface area contributed by atoms with Crippen LogP contribution in [0.4, 0.5) is 0 Å². The van der Waals surface area contributed by atoms with Crippen LogP contribution in [0, 0.1) is 0 Å². The lowest BCUT2D eigenvalue weighted by molar-refractivity contribution is 1.18. The van der Waals surface area contributed by atoms with Gasteiger partial charge in [-0.1, -0.05) is 97.1 Å². The standard InChI is InChI=1S/C42H26N2S/c1-3-13-28(14-4-1)43-35-20-10-7-17-30(35)34-25-27(23-24-37(34)43)33-26-38-41(42-40(33)32-19-9-12-22-39(32)45-42)31-18-8-11-21-36(31)44(38)29-15-5-2-6-16-29/h1-26H. The Morgan fingerprint density at radius 3 is 1.67 bits per heavy atom. The van der Waals surface area contributed by atoms with Crippen molar-refractivity contribution in [3.8, 4) is 22.5 Å². The number of fused-ring (bicyclic) bond motifs is 10. The molecular formula is C42H26N2S. The van der Waals surface area contributed by atoms with Gasteiger partial charge < -0.3 is 9.13 Å². The van der Waals surface area contributed by atoms with Crippen molar-refractivity contribution in [2.75, 3.05) is 0 Å². The summed E-state index contributed by atoms with van der Waals surface area (Å²) in [4.78, 5) is 0. The van der Waals surface area contributed by atoms with E-state index in [1.54, 1.807) is 0 Å². The zero-order chi connectivity index (χ0) is 29.5.